The average molecular weight is 261 g/mol. The first-order valence-electron chi connectivity index (χ1n) is 7.83. The van der Waals surface area contributed by atoms with E-state index < -0.39 is 0 Å². The van der Waals surface area contributed by atoms with Crippen LogP contribution < -0.4 is 10.1 Å². The minimum Gasteiger partial charge on any atom is -0.494 e. The van der Waals surface area contributed by atoms with E-state index >= 15 is 0 Å². The summed E-state index contributed by atoms with van der Waals surface area (Å²) in [6.07, 6.45) is 9.18. The molecule has 1 N–H and O–H groups in total. The fourth-order valence-electron chi connectivity index (χ4n) is 2.65. The van der Waals surface area contributed by atoms with Gasteiger partial charge in [0.15, 0.2) is 0 Å². The number of hydrogen-bond acceptors (Lipinski definition) is 2. The van der Waals surface area contributed by atoms with Crippen molar-refractivity contribution in [2.75, 3.05) is 6.61 Å². The molecule has 0 saturated heterocycles. The van der Waals surface area contributed by atoms with E-state index in [9.17, 15) is 0 Å². The van der Waals surface area contributed by atoms with Gasteiger partial charge in [-0.1, -0.05) is 44.7 Å². The molecule has 0 unspecified atom stereocenters. The van der Waals surface area contributed by atoms with Crippen molar-refractivity contribution >= 4 is 0 Å². The van der Waals surface area contributed by atoms with Crippen LogP contribution in [0.15, 0.2) is 24.3 Å². The van der Waals surface area contributed by atoms with Crippen LogP contribution in [0.4, 0.5) is 0 Å². The SMILES string of the molecule is CCCCOc1cccc(CNC2CCCCC2)c1. The van der Waals surface area contributed by atoms with Crippen LogP contribution in [0.2, 0.25) is 0 Å². The predicted molar refractivity (Wildman–Crippen MR) is 80.6 cm³/mol. The second-order valence-corrected chi connectivity index (χ2v) is 5.57. The summed E-state index contributed by atoms with van der Waals surface area (Å²) in [4.78, 5) is 0. The van der Waals surface area contributed by atoms with E-state index in [1.807, 2.05) is 0 Å². The van der Waals surface area contributed by atoms with Gasteiger partial charge in [-0.05, 0) is 37.0 Å². The van der Waals surface area contributed by atoms with Crippen molar-refractivity contribution < 1.29 is 4.74 Å². The van der Waals surface area contributed by atoms with E-state index in [0.29, 0.717) is 0 Å². The Morgan fingerprint density at radius 3 is 2.84 bits per heavy atom. The van der Waals surface area contributed by atoms with E-state index in [1.165, 1.54) is 44.1 Å². The van der Waals surface area contributed by atoms with Gasteiger partial charge in [0, 0.05) is 12.6 Å². The van der Waals surface area contributed by atoms with E-state index in [2.05, 4.69) is 36.5 Å². The zero-order valence-electron chi connectivity index (χ0n) is 12.2. The maximum Gasteiger partial charge on any atom is 0.119 e. The molecule has 2 nitrogen and oxygen atoms in total. The molecule has 0 bridgehead atoms. The van der Waals surface area contributed by atoms with E-state index in [-0.39, 0.29) is 0 Å². The summed E-state index contributed by atoms with van der Waals surface area (Å²) in [5.74, 6) is 1.01. The largest absolute Gasteiger partial charge is 0.494 e. The Balaban J connectivity index is 1.77. The third-order valence-electron chi connectivity index (χ3n) is 3.87. The summed E-state index contributed by atoms with van der Waals surface area (Å²) in [6.45, 7) is 3.99. The Labute approximate surface area is 117 Å². The summed E-state index contributed by atoms with van der Waals surface area (Å²) in [6, 6.07) is 9.23. The maximum atomic E-state index is 5.75. The molecule has 1 fully saturated rings. The molecule has 1 aromatic rings. The third kappa shape index (κ3) is 5.23. The lowest BCUT2D eigenvalue weighted by molar-refractivity contribution is 0.309. The van der Waals surface area contributed by atoms with Crippen LogP contribution in [0, 0.1) is 0 Å². The van der Waals surface area contributed by atoms with Crippen LogP contribution in [0.5, 0.6) is 5.75 Å². The van der Waals surface area contributed by atoms with Crippen LogP contribution in [0.3, 0.4) is 0 Å². The summed E-state index contributed by atoms with van der Waals surface area (Å²) in [5.41, 5.74) is 1.33. The number of benzene rings is 1. The first kappa shape index (κ1) is 14.4. The van der Waals surface area contributed by atoms with Gasteiger partial charge in [0.25, 0.3) is 0 Å². The van der Waals surface area contributed by atoms with Crippen molar-refractivity contribution in [1.82, 2.24) is 5.32 Å². The second kappa shape index (κ2) is 8.21. The lowest BCUT2D eigenvalue weighted by Crippen LogP contribution is -2.30. The summed E-state index contributed by atoms with van der Waals surface area (Å²) >= 11 is 0. The molecule has 2 rings (SSSR count). The average Bonchev–Trinajstić information content (AvgIpc) is 2.47. The van der Waals surface area contributed by atoms with Crippen LogP contribution in [0.1, 0.15) is 57.4 Å². The third-order valence-corrected chi connectivity index (χ3v) is 3.87. The highest BCUT2D eigenvalue weighted by Gasteiger charge is 2.12. The summed E-state index contributed by atoms with van der Waals surface area (Å²) in [5, 5.41) is 3.68. The molecule has 106 valence electrons. The molecule has 0 amide bonds. The topological polar surface area (TPSA) is 21.3 Å². The standard InChI is InChI=1S/C17H27NO/c1-2-3-12-19-17-11-7-8-15(13-17)14-18-16-9-5-4-6-10-16/h7-8,11,13,16,18H,2-6,9-10,12,14H2,1H3. The monoisotopic (exact) mass is 261 g/mol. The van der Waals surface area contributed by atoms with Crippen molar-refractivity contribution in [2.24, 2.45) is 0 Å². The van der Waals surface area contributed by atoms with Gasteiger partial charge in [-0.15, -0.1) is 0 Å². The smallest absolute Gasteiger partial charge is 0.119 e. The second-order valence-electron chi connectivity index (χ2n) is 5.57. The van der Waals surface area contributed by atoms with Crippen LogP contribution in [-0.2, 0) is 6.54 Å². The minimum absolute atomic E-state index is 0.721. The highest BCUT2D eigenvalue weighted by Crippen LogP contribution is 2.19. The molecule has 2 heteroatoms. The molecule has 0 radical (unpaired) electrons. The number of hydrogen-bond donors (Lipinski definition) is 1. The number of ether oxygens (including phenoxy) is 1. The Morgan fingerprint density at radius 2 is 2.05 bits per heavy atom. The van der Waals surface area contributed by atoms with Crippen LogP contribution >= 0.6 is 0 Å². The van der Waals surface area contributed by atoms with Gasteiger partial charge in [-0.3, -0.25) is 0 Å². The maximum absolute atomic E-state index is 5.75. The van der Waals surface area contributed by atoms with Gasteiger partial charge in [-0.25, -0.2) is 0 Å². The van der Waals surface area contributed by atoms with Crippen molar-refractivity contribution in [2.45, 2.75) is 64.5 Å². The molecule has 1 aliphatic rings. The molecule has 1 aliphatic carbocycles. The normalized spacial score (nSPS) is 16.5. The van der Waals surface area contributed by atoms with Gasteiger partial charge in [0.05, 0.1) is 6.61 Å². The lowest BCUT2D eigenvalue weighted by atomic mass is 9.95. The van der Waals surface area contributed by atoms with Gasteiger partial charge in [0.1, 0.15) is 5.75 Å². The molecule has 1 saturated carbocycles. The first-order valence-corrected chi connectivity index (χ1v) is 7.83. The molecule has 19 heavy (non-hydrogen) atoms. The highest BCUT2D eigenvalue weighted by atomic mass is 16.5. The lowest BCUT2D eigenvalue weighted by Gasteiger charge is -2.23. The summed E-state index contributed by atoms with van der Waals surface area (Å²) in [7, 11) is 0. The highest BCUT2D eigenvalue weighted by molar-refractivity contribution is 5.28. The van der Waals surface area contributed by atoms with Crippen LogP contribution in [-0.4, -0.2) is 12.6 Å². The van der Waals surface area contributed by atoms with Gasteiger partial charge < -0.3 is 10.1 Å². The van der Waals surface area contributed by atoms with Gasteiger partial charge in [0.2, 0.25) is 0 Å². The van der Waals surface area contributed by atoms with Crippen LogP contribution in [0.25, 0.3) is 0 Å². The van der Waals surface area contributed by atoms with Crippen molar-refractivity contribution in [1.29, 1.82) is 0 Å². The van der Waals surface area contributed by atoms with Crippen molar-refractivity contribution in [3.63, 3.8) is 0 Å². The molecule has 0 aromatic heterocycles. The molecule has 0 atom stereocenters. The summed E-state index contributed by atoms with van der Waals surface area (Å²) < 4.78 is 5.75. The molecule has 0 aliphatic heterocycles. The van der Waals surface area contributed by atoms with Crippen molar-refractivity contribution in [3.05, 3.63) is 29.8 Å². The Bertz CT molecular complexity index is 358. The van der Waals surface area contributed by atoms with Crippen molar-refractivity contribution in [3.8, 4) is 5.75 Å². The molecule has 0 spiro atoms. The Kier molecular flexibility index (Phi) is 6.22. The van der Waals surface area contributed by atoms with E-state index in [0.717, 1.165) is 31.4 Å². The Morgan fingerprint density at radius 1 is 1.21 bits per heavy atom. The Hall–Kier alpha value is -1.02. The minimum atomic E-state index is 0.721. The van der Waals surface area contributed by atoms with E-state index in [1.54, 1.807) is 0 Å². The molecule has 0 heterocycles. The van der Waals surface area contributed by atoms with E-state index in [4.69, 9.17) is 4.74 Å². The predicted octanol–water partition coefficient (Wildman–Crippen LogP) is 4.29. The number of unbranched alkanes of at least 4 members (excludes halogenated alkanes) is 1. The molecular weight excluding hydrogens is 234 g/mol. The molecular formula is C17H27NO. The number of rotatable bonds is 7. The fraction of sp³-hybridized carbons (Fsp3) is 0.647. The molecule has 1 aromatic carbocycles. The zero-order chi connectivity index (χ0) is 13.3. The zero-order valence-corrected chi connectivity index (χ0v) is 12.2. The fourth-order valence-corrected chi connectivity index (χ4v) is 2.65. The van der Waals surface area contributed by atoms with Gasteiger partial charge >= 0.3 is 0 Å². The first-order chi connectivity index (χ1) is 9.38. The number of nitrogens with one attached hydrogen (secondary N) is 1. The quantitative estimate of drug-likeness (QED) is 0.739. The van der Waals surface area contributed by atoms with Gasteiger partial charge in [-0.2, -0.15) is 0 Å².